The van der Waals surface area contributed by atoms with Crippen molar-refractivity contribution < 1.29 is 8.78 Å². The summed E-state index contributed by atoms with van der Waals surface area (Å²) < 4.78 is 26.0. The van der Waals surface area contributed by atoms with Gasteiger partial charge in [0.1, 0.15) is 0 Å². The molecule has 0 saturated carbocycles. The van der Waals surface area contributed by atoms with Crippen molar-refractivity contribution in [1.82, 2.24) is 0 Å². The van der Waals surface area contributed by atoms with Gasteiger partial charge >= 0.3 is 0 Å². The fourth-order valence-corrected chi connectivity index (χ4v) is 2.69. The third kappa shape index (κ3) is 4.21. The van der Waals surface area contributed by atoms with E-state index in [4.69, 9.17) is 0 Å². The van der Waals surface area contributed by atoms with Crippen LogP contribution in [-0.4, -0.2) is 5.76 Å². The summed E-state index contributed by atoms with van der Waals surface area (Å²) in [4.78, 5) is 0.566. The monoisotopic (exact) mass is 357 g/mol. The number of alkyl halides is 2. The molecule has 0 atom stereocenters. The molecule has 2 rings (SSSR count). The SMILES string of the molecule is Cc1cc(CNc2ccccc2SC(F)F)ccc1Br. The Labute approximate surface area is 129 Å². The van der Waals surface area contributed by atoms with Gasteiger partial charge in [0.05, 0.1) is 0 Å². The van der Waals surface area contributed by atoms with Crippen LogP contribution in [0.1, 0.15) is 11.1 Å². The molecule has 0 aromatic heterocycles. The number of thioether (sulfide) groups is 1. The third-order valence-corrected chi connectivity index (χ3v) is 4.49. The molecular weight excluding hydrogens is 344 g/mol. The molecule has 0 bridgehead atoms. The van der Waals surface area contributed by atoms with E-state index in [9.17, 15) is 8.78 Å². The normalized spacial score (nSPS) is 10.8. The van der Waals surface area contributed by atoms with E-state index in [2.05, 4.69) is 27.3 Å². The molecular formula is C15H14BrF2NS. The van der Waals surface area contributed by atoms with Gasteiger partial charge in [0.2, 0.25) is 0 Å². The Morgan fingerprint density at radius 1 is 1.20 bits per heavy atom. The maximum Gasteiger partial charge on any atom is 0.288 e. The fraction of sp³-hybridized carbons (Fsp3) is 0.200. The highest BCUT2D eigenvalue weighted by molar-refractivity contribution is 9.10. The molecule has 1 N–H and O–H groups in total. The number of rotatable bonds is 5. The van der Waals surface area contributed by atoms with Gasteiger partial charge in [-0.1, -0.05) is 52.0 Å². The minimum Gasteiger partial charge on any atom is -0.380 e. The van der Waals surface area contributed by atoms with Gasteiger partial charge in [-0.05, 0) is 36.2 Å². The first kappa shape index (κ1) is 15.3. The molecule has 0 saturated heterocycles. The van der Waals surface area contributed by atoms with E-state index in [1.165, 1.54) is 0 Å². The predicted octanol–water partition coefficient (Wildman–Crippen LogP) is 5.68. The minimum absolute atomic E-state index is 0.562. The number of hydrogen-bond donors (Lipinski definition) is 1. The van der Waals surface area contributed by atoms with Gasteiger partial charge in [-0.15, -0.1) is 0 Å². The molecule has 0 unspecified atom stereocenters. The van der Waals surface area contributed by atoms with Gasteiger partial charge in [-0.2, -0.15) is 8.78 Å². The Kier molecular flexibility index (Phi) is 5.43. The minimum atomic E-state index is -2.41. The fourth-order valence-electron chi connectivity index (χ4n) is 1.83. The van der Waals surface area contributed by atoms with Crippen molar-refractivity contribution in [2.75, 3.05) is 5.32 Å². The lowest BCUT2D eigenvalue weighted by Gasteiger charge is -2.12. The highest BCUT2D eigenvalue weighted by atomic mass is 79.9. The van der Waals surface area contributed by atoms with Crippen molar-refractivity contribution in [3.63, 3.8) is 0 Å². The summed E-state index contributed by atoms with van der Waals surface area (Å²) in [5.41, 5.74) is 3.00. The van der Waals surface area contributed by atoms with Crippen molar-refractivity contribution in [3.8, 4) is 0 Å². The maximum atomic E-state index is 12.5. The summed E-state index contributed by atoms with van der Waals surface area (Å²) in [6.45, 7) is 2.63. The zero-order valence-corrected chi connectivity index (χ0v) is 13.3. The van der Waals surface area contributed by atoms with Crippen molar-refractivity contribution >= 4 is 33.4 Å². The second kappa shape index (κ2) is 7.09. The molecule has 1 nitrogen and oxygen atoms in total. The van der Waals surface area contributed by atoms with E-state index in [1.54, 1.807) is 12.1 Å². The van der Waals surface area contributed by atoms with E-state index in [0.717, 1.165) is 21.3 Å². The molecule has 0 radical (unpaired) electrons. The van der Waals surface area contributed by atoms with Crippen LogP contribution in [0, 0.1) is 6.92 Å². The largest absolute Gasteiger partial charge is 0.380 e. The lowest BCUT2D eigenvalue weighted by Crippen LogP contribution is -2.01. The Bertz CT molecular complexity index is 590. The standard InChI is InChI=1S/C15H14BrF2NS/c1-10-8-11(6-7-12(10)16)9-19-13-4-2-3-5-14(13)20-15(17)18/h2-8,15,19H,9H2,1H3. The van der Waals surface area contributed by atoms with Crippen LogP contribution in [0.4, 0.5) is 14.5 Å². The van der Waals surface area contributed by atoms with E-state index in [-0.39, 0.29) is 0 Å². The highest BCUT2D eigenvalue weighted by Crippen LogP contribution is 2.31. The quantitative estimate of drug-likeness (QED) is 0.690. The van der Waals surface area contributed by atoms with Crippen molar-refractivity contribution in [2.45, 2.75) is 24.1 Å². The van der Waals surface area contributed by atoms with E-state index in [0.29, 0.717) is 23.2 Å². The molecule has 0 aliphatic rings. The molecule has 0 aliphatic heterocycles. The molecule has 0 heterocycles. The van der Waals surface area contributed by atoms with Gasteiger partial charge in [-0.25, -0.2) is 0 Å². The average molecular weight is 358 g/mol. The maximum absolute atomic E-state index is 12.5. The van der Waals surface area contributed by atoms with Crippen LogP contribution >= 0.6 is 27.7 Å². The van der Waals surface area contributed by atoms with Crippen LogP contribution in [0.15, 0.2) is 51.8 Å². The van der Waals surface area contributed by atoms with Crippen LogP contribution in [0.2, 0.25) is 0 Å². The van der Waals surface area contributed by atoms with Crippen LogP contribution in [-0.2, 0) is 6.54 Å². The van der Waals surface area contributed by atoms with Crippen molar-refractivity contribution in [1.29, 1.82) is 0 Å². The van der Waals surface area contributed by atoms with Crippen molar-refractivity contribution in [2.24, 2.45) is 0 Å². The van der Waals surface area contributed by atoms with Gasteiger partial charge in [0.15, 0.2) is 0 Å². The average Bonchev–Trinajstić information content (AvgIpc) is 2.41. The lowest BCUT2D eigenvalue weighted by molar-refractivity contribution is 0.252. The molecule has 20 heavy (non-hydrogen) atoms. The number of benzene rings is 2. The van der Waals surface area contributed by atoms with Gasteiger partial charge < -0.3 is 5.32 Å². The molecule has 0 spiro atoms. The first-order valence-electron chi connectivity index (χ1n) is 6.09. The second-order valence-electron chi connectivity index (χ2n) is 4.31. The van der Waals surface area contributed by atoms with Gasteiger partial charge in [0, 0.05) is 21.6 Å². The molecule has 0 fully saturated rings. The van der Waals surface area contributed by atoms with Crippen LogP contribution in [0.5, 0.6) is 0 Å². The first-order valence-corrected chi connectivity index (χ1v) is 7.76. The summed E-state index contributed by atoms with van der Waals surface area (Å²) >= 11 is 4.02. The Morgan fingerprint density at radius 3 is 2.65 bits per heavy atom. The zero-order chi connectivity index (χ0) is 14.5. The molecule has 2 aromatic carbocycles. The Balaban J connectivity index is 2.08. The Hall–Kier alpha value is -1.07. The first-order chi connectivity index (χ1) is 9.56. The number of para-hydroxylation sites is 1. The molecule has 0 aliphatic carbocycles. The third-order valence-electron chi connectivity index (χ3n) is 2.81. The number of anilines is 1. The lowest BCUT2D eigenvalue weighted by atomic mass is 10.1. The van der Waals surface area contributed by atoms with Gasteiger partial charge in [0.25, 0.3) is 5.76 Å². The predicted molar refractivity (Wildman–Crippen MR) is 84.5 cm³/mol. The van der Waals surface area contributed by atoms with E-state index < -0.39 is 5.76 Å². The molecule has 106 valence electrons. The number of hydrogen-bond acceptors (Lipinski definition) is 2. The molecule has 0 amide bonds. The van der Waals surface area contributed by atoms with E-state index in [1.807, 2.05) is 31.2 Å². The van der Waals surface area contributed by atoms with E-state index >= 15 is 0 Å². The highest BCUT2D eigenvalue weighted by Gasteiger charge is 2.09. The molecule has 2 aromatic rings. The molecule has 5 heteroatoms. The second-order valence-corrected chi connectivity index (χ2v) is 6.20. The van der Waals surface area contributed by atoms with Gasteiger partial charge in [-0.3, -0.25) is 0 Å². The topological polar surface area (TPSA) is 12.0 Å². The van der Waals surface area contributed by atoms with Crippen LogP contribution < -0.4 is 5.32 Å². The summed E-state index contributed by atoms with van der Waals surface area (Å²) in [6.07, 6.45) is 0. The Morgan fingerprint density at radius 2 is 1.95 bits per heavy atom. The number of halogens is 3. The van der Waals surface area contributed by atoms with Crippen LogP contribution in [0.25, 0.3) is 0 Å². The number of nitrogens with one attached hydrogen (secondary N) is 1. The summed E-state index contributed by atoms with van der Waals surface area (Å²) in [7, 11) is 0. The zero-order valence-electron chi connectivity index (χ0n) is 10.9. The number of aryl methyl sites for hydroxylation is 1. The summed E-state index contributed by atoms with van der Waals surface area (Å²) in [5.74, 6) is -2.41. The smallest absolute Gasteiger partial charge is 0.288 e. The van der Waals surface area contributed by atoms with Crippen LogP contribution in [0.3, 0.4) is 0 Å². The summed E-state index contributed by atoms with van der Waals surface area (Å²) in [5, 5.41) is 3.21. The summed E-state index contributed by atoms with van der Waals surface area (Å²) in [6, 6.07) is 13.2. The van der Waals surface area contributed by atoms with Crippen molar-refractivity contribution in [3.05, 3.63) is 58.1 Å².